The van der Waals surface area contributed by atoms with Gasteiger partial charge in [-0.15, -0.1) is 0 Å². The Morgan fingerprint density at radius 2 is 1.90 bits per heavy atom. The first-order valence-electron chi connectivity index (χ1n) is 6.13. The summed E-state index contributed by atoms with van der Waals surface area (Å²) in [6.07, 6.45) is -1.05. The van der Waals surface area contributed by atoms with Crippen LogP contribution in [0.1, 0.15) is 11.3 Å². The van der Waals surface area contributed by atoms with Crippen molar-refractivity contribution in [2.24, 2.45) is 0 Å². The molecule has 21 heavy (non-hydrogen) atoms. The Hall–Kier alpha value is -2.57. The van der Waals surface area contributed by atoms with E-state index in [2.05, 4.69) is 10.1 Å². The standard InChI is InChI=1S/C14H11F3N4/c1-8-4-10-11(6-19-8)12(18)2-3-13(10)21-7-9(5-20-21)14(15,16)17/h2-7H,18H2,1H3. The maximum Gasteiger partial charge on any atom is 0.419 e. The second-order valence-electron chi connectivity index (χ2n) is 4.72. The third-order valence-electron chi connectivity index (χ3n) is 3.21. The zero-order chi connectivity index (χ0) is 15.2. The number of hydrogen-bond acceptors (Lipinski definition) is 3. The Kier molecular flexibility index (Phi) is 2.86. The summed E-state index contributed by atoms with van der Waals surface area (Å²) in [5.41, 5.74) is 6.88. The van der Waals surface area contributed by atoms with Crippen LogP contribution in [0.15, 0.2) is 36.8 Å². The van der Waals surface area contributed by atoms with Crippen LogP contribution in [0.5, 0.6) is 0 Å². The first kappa shape index (κ1) is 13.4. The van der Waals surface area contributed by atoms with E-state index in [1.54, 1.807) is 31.3 Å². The van der Waals surface area contributed by atoms with E-state index in [0.717, 1.165) is 18.1 Å². The third kappa shape index (κ3) is 2.31. The Bertz CT molecular complexity index is 821. The van der Waals surface area contributed by atoms with Gasteiger partial charge in [-0.25, -0.2) is 4.68 Å². The maximum atomic E-state index is 12.7. The van der Waals surface area contributed by atoms with Gasteiger partial charge in [0.05, 0.1) is 17.4 Å². The van der Waals surface area contributed by atoms with Gasteiger partial charge in [0.1, 0.15) is 0 Å². The molecule has 0 radical (unpaired) electrons. The van der Waals surface area contributed by atoms with Crippen LogP contribution in [-0.4, -0.2) is 14.8 Å². The van der Waals surface area contributed by atoms with Gasteiger partial charge in [0.2, 0.25) is 0 Å². The van der Waals surface area contributed by atoms with Crippen LogP contribution in [0.25, 0.3) is 16.5 Å². The summed E-state index contributed by atoms with van der Waals surface area (Å²) in [6.45, 7) is 1.80. The van der Waals surface area contributed by atoms with E-state index in [1.165, 1.54) is 4.68 Å². The second-order valence-corrected chi connectivity index (χ2v) is 4.72. The summed E-state index contributed by atoms with van der Waals surface area (Å²) in [6, 6.07) is 5.05. The van der Waals surface area contributed by atoms with Gasteiger partial charge in [0.15, 0.2) is 0 Å². The highest BCUT2D eigenvalue weighted by atomic mass is 19.4. The molecule has 0 spiro atoms. The molecular formula is C14H11F3N4. The molecule has 2 heterocycles. The number of pyridine rings is 1. The number of hydrogen-bond donors (Lipinski definition) is 1. The lowest BCUT2D eigenvalue weighted by Crippen LogP contribution is -2.03. The predicted molar refractivity (Wildman–Crippen MR) is 73.0 cm³/mol. The maximum absolute atomic E-state index is 12.7. The molecule has 1 aromatic carbocycles. The summed E-state index contributed by atoms with van der Waals surface area (Å²) in [5, 5.41) is 5.19. The summed E-state index contributed by atoms with van der Waals surface area (Å²) in [4.78, 5) is 4.16. The molecule has 0 saturated carbocycles. The topological polar surface area (TPSA) is 56.7 Å². The fourth-order valence-corrected chi connectivity index (χ4v) is 2.15. The predicted octanol–water partition coefficient (Wildman–Crippen LogP) is 3.33. The molecule has 0 atom stereocenters. The van der Waals surface area contributed by atoms with Gasteiger partial charge in [0, 0.05) is 34.5 Å². The van der Waals surface area contributed by atoms with Gasteiger partial charge < -0.3 is 5.73 Å². The lowest BCUT2D eigenvalue weighted by Gasteiger charge is -2.09. The number of halogens is 3. The lowest BCUT2D eigenvalue weighted by molar-refractivity contribution is -0.137. The van der Waals surface area contributed by atoms with Gasteiger partial charge in [-0.05, 0) is 25.1 Å². The van der Waals surface area contributed by atoms with Gasteiger partial charge >= 0.3 is 6.18 Å². The van der Waals surface area contributed by atoms with E-state index in [0.29, 0.717) is 22.1 Å². The number of rotatable bonds is 1. The highest BCUT2D eigenvalue weighted by Crippen LogP contribution is 2.31. The van der Waals surface area contributed by atoms with Crippen molar-refractivity contribution in [2.45, 2.75) is 13.1 Å². The van der Waals surface area contributed by atoms with E-state index in [4.69, 9.17) is 5.73 Å². The highest BCUT2D eigenvalue weighted by Gasteiger charge is 2.32. The average Bonchev–Trinajstić information content (AvgIpc) is 2.88. The number of nitrogens with two attached hydrogens (primary N) is 1. The molecule has 0 saturated heterocycles. The molecule has 4 nitrogen and oxygen atoms in total. The second kappa shape index (κ2) is 4.47. The van der Waals surface area contributed by atoms with Crippen molar-refractivity contribution in [3.63, 3.8) is 0 Å². The fourth-order valence-electron chi connectivity index (χ4n) is 2.15. The van der Waals surface area contributed by atoms with E-state index < -0.39 is 11.7 Å². The van der Waals surface area contributed by atoms with Crippen molar-refractivity contribution >= 4 is 16.5 Å². The molecule has 0 aliphatic carbocycles. The number of aryl methyl sites for hydroxylation is 1. The first-order valence-corrected chi connectivity index (χ1v) is 6.13. The summed E-state index contributed by atoms with van der Waals surface area (Å²) in [5.74, 6) is 0. The average molecular weight is 292 g/mol. The molecule has 7 heteroatoms. The van der Waals surface area contributed by atoms with Crippen LogP contribution in [0.2, 0.25) is 0 Å². The van der Waals surface area contributed by atoms with Crippen molar-refractivity contribution in [1.29, 1.82) is 0 Å². The number of nitrogens with zero attached hydrogens (tertiary/aromatic N) is 3. The SMILES string of the molecule is Cc1cc2c(-n3cc(C(F)(F)F)cn3)ccc(N)c2cn1. The minimum Gasteiger partial charge on any atom is -0.398 e. The van der Waals surface area contributed by atoms with Crippen LogP contribution >= 0.6 is 0 Å². The minimum atomic E-state index is -4.42. The molecule has 2 N–H and O–H groups in total. The molecule has 0 fully saturated rings. The number of nitrogen functional groups attached to an aromatic ring is 1. The Morgan fingerprint density at radius 3 is 2.57 bits per heavy atom. The Morgan fingerprint density at radius 1 is 1.14 bits per heavy atom. The van der Waals surface area contributed by atoms with E-state index in [1.807, 2.05) is 0 Å². The summed E-state index contributed by atoms with van der Waals surface area (Å²) < 4.78 is 39.2. The third-order valence-corrected chi connectivity index (χ3v) is 3.21. The first-order chi connectivity index (χ1) is 9.86. The Labute approximate surface area is 118 Å². The number of aromatic nitrogens is 3. The number of anilines is 1. The number of fused-ring (bicyclic) bond motifs is 1. The molecule has 0 amide bonds. The molecule has 108 valence electrons. The molecule has 0 bridgehead atoms. The molecule has 3 aromatic rings. The molecule has 2 aromatic heterocycles. The summed E-state index contributed by atoms with van der Waals surface area (Å²) >= 11 is 0. The van der Waals surface area contributed by atoms with Gasteiger partial charge in [-0.3, -0.25) is 4.98 Å². The largest absolute Gasteiger partial charge is 0.419 e. The molecular weight excluding hydrogens is 281 g/mol. The van der Waals surface area contributed by atoms with Crippen molar-refractivity contribution < 1.29 is 13.2 Å². The zero-order valence-corrected chi connectivity index (χ0v) is 11.0. The van der Waals surface area contributed by atoms with Crippen LogP contribution in [0.4, 0.5) is 18.9 Å². The molecule has 0 unspecified atom stereocenters. The van der Waals surface area contributed by atoms with Crippen LogP contribution < -0.4 is 5.73 Å². The van der Waals surface area contributed by atoms with Gasteiger partial charge in [0.25, 0.3) is 0 Å². The number of benzene rings is 1. The van der Waals surface area contributed by atoms with E-state index in [-0.39, 0.29) is 0 Å². The van der Waals surface area contributed by atoms with Crippen molar-refractivity contribution in [3.8, 4) is 5.69 Å². The minimum absolute atomic E-state index is 0.518. The van der Waals surface area contributed by atoms with Crippen LogP contribution in [0.3, 0.4) is 0 Å². The Balaban J connectivity index is 2.23. The monoisotopic (exact) mass is 292 g/mol. The summed E-state index contributed by atoms with van der Waals surface area (Å²) in [7, 11) is 0. The van der Waals surface area contributed by atoms with Crippen LogP contribution in [0, 0.1) is 6.92 Å². The van der Waals surface area contributed by atoms with Crippen molar-refractivity contribution in [2.75, 3.05) is 5.73 Å². The quantitative estimate of drug-likeness (QED) is 0.700. The van der Waals surface area contributed by atoms with Gasteiger partial charge in [-0.2, -0.15) is 18.3 Å². The highest BCUT2D eigenvalue weighted by molar-refractivity contribution is 5.97. The fraction of sp³-hybridized carbons (Fsp3) is 0.143. The normalized spacial score (nSPS) is 12.0. The molecule has 0 aliphatic heterocycles. The van der Waals surface area contributed by atoms with Crippen LogP contribution in [-0.2, 0) is 6.18 Å². The lowest BCUT2D eigenvalue weighted by atomic mass is 10.1. The van der Waals surface area contributed by atoms with E-state index in [9.17, 15) is 13.2 Å². The van der Waals surface area contributed by atoms with Crippen molar-refractivity contribution in [1.82, 2.24) is 14.8 Å². The van der Waals surface area contributed by atoms with Gasteiger partial charge in [-0.1, -0.05) is 0 Å². The molecule has 3 rings (SSSR count). The van der Waals surface area contributed by atoms with Crippen molar-refractivity contribution in [3.05, 3.63) is 48.0 Å². The molecule has 0 aliphatic rings. The zero-order valence-electron chi connectivity index (χ0n) is 11.0. The smallest absolute Gasteiger partial charge is 0.398 e. The number of alkyl halides is 3. The van der Waals surface area contributed by atoms with E-state index >= 15 is 0 Å².